The van der Waals surface area contributed by atoms with Crippen LogP contribution in [0.25, 0.3) is 22.8 Å². The van der Waals surface area contributed by atoms with Crippen molar-refractivity contribution in [2.75, 3.05) is 0 Å². The first kappa shape index (κ1) is 25.6. The summed E-state index contributed by atoms with van der Waals surface area (Å²) in [6.45, 7) is 1.99. The number of benzene rings is 1. The first-order chi connectivity index (χ1) is 18.4. The number of hydrogen-bond donors (Lipinski definition) is 4. The molecule has 0 bridgehead atoms. The normalized spacial score (nSPS) is 17.5. The van der Waals surface area contributed by atoms with E-state index >= 15 is 0 Å². The maximum Gasteiger partial charge on any atom is 0.326 e. The van der Waals surface area contributed by atoms with Crippen LogP contribution in [0.1, 0.15) is 79.5 Å². The van der Waals surface area contributed by atoms with Gasteiger partial charge in [0, 0.05) is 17.2 Å². The molecule has 4 N–H and O–H groups in total. The highest BCUT2D eigenvalue weighted by Gasteiger charge is 2.30. The zero-order valence-electron chi connectivity index (χ0n) is 21.3. The molecular formula is C27H32N6O5. The number of hydrogen-bond acceptors (Lipinski definition) is 7. The molecule has 0 aliphatic heterocycles. The number of carboxylic acid groups (broad SMARTS) is 1. The predicted octanol–water partition coefficient (Wildman–Crippen LogP) is 3.81. The molecule has 38 heavy (non-hydrogen) atoms. The third kappa shape index (κ3) is 6.09. The minimum Gasteiger partial charge on any atom is -0.480 e. The van der Waals surface area contributed by atoms with Crippen LogP contribution in [0.5, 0.6) is 0 Å². The highest BCUT2D eigenvalue weighted by atomic mass is 16.4. The lowest BCUT2D eigenvalue weighted by atomic mass is 9.85. The van der Waals surface area contributed by atoms with Crippen LogP contribution in [0.2, 0.25) is 0 Å². The van der Waals surface area contributed by atoms with Crippen LogP contribution in [0.15, 0.2) is 34.9 Å². The van der Waals surface area contributed by atoms with E-state index in [1.165, 1.54) is 12.6 Å². The van der Waals surface area contributed by atoms with Crippen LogP contribution in [0, 0.1) is 11.8 Å². The number of H-pyrrole nitrogens is 1. The fraction of sp³-hybridized carbons (Fsp3) is 0.481. The van der Waals surface area contributed by atoms with E-state index in [0.717, 1.165) is 38.5 Å². The van der Waals surface area contributed by atoms with Crippen LogP contribution in [0.3, 0.4) is 0 Å². The van der Waals surface area contributed by atoms with Gasteiger partial charge in [0.1, 0.15) is 6.04 Å². The Labute approximate surface area is 219 Å². The highest BCUT2D eigenvalue weighted by Crippen LogP contribution is 2.32. The smallest absolute Gasteiger partial charge is 0.326 e. The second-order valence-electron chi connectivity index (χ2n) is 10.3. The molecular weight excluding hydrogens is 488 g/mol. The molecule has 3 aromatic rings. The summed E-state index contributed by atoms with van der Waals surface area (Å²) in [4.78, 5) is 45.5. The number of carboxylic acids is 1. The summed E-state index contributed by atoms with van der Waals surface area (Å²) in [5.74, 6) is -0.553. The van der Waals surface area contributed by atoms with Gasteiger partial charge in [0.05, 0.1) is 6.20 Å². The summed E-state index contributed by atoms with van der Waals surface area (Å²) in [6, 6.07) is 6.18. The average molecular weight is 521 g/mol. The van der Waals surface area contributed by atoms with Crippen molar-refractivity contribution in [3.63, 3.8) is 0 Å². The van der Waals surface area contributed by atoms with E-state index in [0.29, 0.717) is 35.2 Å². The molecule has 0 saturated heterocycles. The molecule has 0 spiro atoms. The van der Waals surface area contributed by atoms with Crippen molar-refractivity contribution in [3.8, 4) is 22.8 Å². The molecule has 1 aromatic carbocycles. The molecule has 2 amide bonds. The van der Waals surface area contributed by atoms with Crippen LogP contribution < -0.4 is 10.6 Å². The molecule has 2 aliphatic carbocycles. The van der Waals surface area contributed by atoms with Crippen molar-refractivity contribution in [2.45, 2.75) is 70.4 Å². The fourth-order valence-electron chi connectivity index (χ4n) is 4.99. The molecule has 2 saturated carbocycles. The average Bonchev–Trinajstić information content (AvgIpc) is 3.44. The number of carbonyl (C=O) groups excluding carboxylic acids is 2. The van der Waals surface area contributed by atoms with E-state index in [-0.39, 0.29) is 29.4 Å². The number of nitrogens with one attached hydrogen (secondary N) is 3. The molecule has 2 unspecified atom stereocenters. The SMILES string of the molecule is CC(NC(=O)c1nc(-c2cccc(-c3ncc(C(=O)NC(CC4CCCCC4)C(=O)O)o3)c2)n[nH]1)C1CC1. The molecule has 2 aromatic heterocycles. The lowest BCUT2D eigenvalue weighted by molar-refractivity contribution is -0.139. The van der Waals surface area contributed by atoms with Gasteiger partial charge in [0.2, 0.25) is 17.5 Å². The van der Waals surface area contributed by atoms with Crippen LogP contribution in [0.4, 0.5) is 0 Å². The van der Waals surface area contributed by atoms with Gasteiger partial charge in [0.15, 0.2) is 5.82 Å². The van der Waals surface area contributed by atoms with Gasteiger partial charge in [-0.05, 0) is 50.2 Å². The topological polar surface area (TPSA) is 163 Å². The van der Waals surface area contributed by atoms with E-state index in [9.17, 15) is 19.5 Å². The lowest BCUT2D eigenvalue weighted by Gasteiger charge is -2.24. The van der Waals surface area contributed by atoms with Gasteiger partial charge < -0.3 is 20.2 Å². The number of oxazole rings is 1. The summed E-state index contributed by atoms with van der Waals surface area (Å²) >= 11 is 0. The standard InChI is InChI=1S/C27H32N6O5/c1-15(17-10-11-17)29-25(35)23-31-22(32-33-23)18-8-5-9-19(13-18)26-28-14-21(38-26)24(34)30-20(27(36)37)12-16-6-3-2-4-7-16/h5,8-9,13-17,20H,2-4,6-7,10-12H2,1H3,(H,29,35)(H,30,34)(H,36,37)(H,31,32,33). The maximum atomic E-state index is 12.8. The fourth-order valence-corrected chi connectivity index (χ4v) is 4.99. The Hall–Kier alpha value is -4.02. The number of amides is 2. The Morgan fingerprint density at radius 2 is 1.84 bits per heavy atom. The predicted molar refractivity (Wildman–Crippen MR) is 137 cm³/mol. The largest absolute Gasteiger partial charge is 0.480 e. The zero-order valence-corrected chi connectivity index (χ0v) is 21.3. The maximum absolute atomic E-state index is 12.8. The lowest BCUT2D eigenvalue weighted by Crippen LogP contribution is -2.42. The number of aromatic nitrogens is 4. The van der Waals surface area contributed by atoms with E-state index in [4.69, 9.17) is 4.42 Å². The molecule has 2 atom stereocenters. The monoisotopic (exact) mass is 520 g/mol. The van der Waals surface area contributed by atoms with E-state index in [1.807, 2.05) is 6.92 Å². The molecule has 200 valence electrons. The third-order valence-electron chi connectivity index (χ3n) is 7.38. The number of rotatable bonds is 10. The van der Waals surface area contributed by atoms with Gasteiger partial charge in [-0.25, -0.2) is 14.8 Å². The minimum absolute atomic E-state index is 0.0677. The Morgan fingerprint density at radius 1 is 1.08 bits per heavy atom. The number of aliphatic carboxylic acids is 1. The second kappa shape index (κ2) is 11.2. The van der Waals surface area contributed by atoms with Crippen molar-refractivity contribution in [2.24, 2.45) is 11.8 Å². The van der Waals surface area contributed by atoms with Crippen LogP contribution in [-0.2, 0) is 4.79 Å². The summed E-state index contributed by atoms with van der Waals surface area (Å²) in [5.41, 5.74) is 1.22. The molecule has 0 radical (unpaired) electrons. The van der Waals surface area contributed by atoms with Crippen LogP contribution >= 0.6 is 0 Å². The summed E-state index contributed by atoms with van der Waals surface area (Å²) < 4.78 is 5.68. The molecule has 11 heteroatoms. The van der Waals surface area contributed by atoms with Crippen LogP contribution in [-0.4, -0.2) is 55.1 Å². The Bertz CT molecular complexity index is 1310. The van der Waals surface area contributed by atoms with Gasteiger partial charge in [-0.15, -0.1) is 0 Å². The third-order valence-corrected chi connectivity index (χ3v) is 7.38. The first-order valence-corrected chi connectivity index (χ1v) is 13.2. The summed E-state index contributed by atoms with van der Waals surface area (Å²) in [6.07, 6.45) is 9.27. The van der Waals surface area contributed by atoms with Crippen molar-refractivity contribution in [3.05, 3.63) is 42.0 Å². The Balaban J connectivity index is 1.25. The molecule has 5 rings (SSSR count). The minimum atomic E-state index is -1.06. The van der Waals surface area contributed by atoms with Gasteiger partial charge in [-0.2, -0.15) is 5.10 Å². The Morgan fingerprint density at radius 3 is 2.58 bits per heavy atom. The van der Waals surface area contributed by atoms with Crippen molar-refractivity contribution >= 4 is 17.8 Å². The number of carbonyl (C=O) groups is 3. The van der Waals surface area contributed by atoms with E-state index < -0.39 is 17.9 Å². The van der Waals surface area contributed by atoms with Gasteiger partial charge >= 0.3 is 5.97 Å². The van der Waals surface area contributed by atoms with Gasteiger partial charge in [-0.3, -0.25) is 14.7 Å². The summed E-state index contributed by atoms with van der Waals surface area (Å²) in [5, 5.41) is 22.0. The van der Waals surface area contributed by atoms with E-state index in [1.54, 1.807) is 24.3 Å². The van der Waals surface area contributed by atoms with Gasteiger partial charge in [0.25, 0.3) is 11.8 Å². The van der Waals surface area contributed by atoms with E-state index in [2.05, 4.69) is 30.8 Å². The number of nitrogens with zero attached hydrogens (tertiary/aromatic N) is 3. The first-order valence-electron chi connectivity index (χ1n) is 13.2. The van der Waals surface area contributed by atoms with Crippen molar-refractivity contribution < 1.29 is 23.9 Å². The highest BCUT2D eigenvalue weighted by molar-refractivity contribution is 5.94. The zero-order chi connectivity index (χ0) is 26.6. The van der Waals surface area contributed by atoms with Crippen molar-refractivity contribution in [1.29, 1.82) is 0 Å². The Kier molecular flexibility index (Phi) is 7.52. The molecule has 2 heterocycles. The second-order valence-corrected chi connectivity index (χ2v) is 10.3. The van der Waals surface area contributed by atoms with Crippen molar-refractivity contribution in [1.82, 2.24) is 30.8 Å². The van der Waals surface area contributed by atoms with Gasteiger partial charge in [-0.1, -0.05) is 44.2 Å². The number of aromatic amines is 1. The molecule has 2 fully saturated rings. The molecule has 2 aliphatic rings. The quantitative estimate of drug-likeness (QED) is 0.313. The molecule has 11 nitrogen and oxygen atoms in total. The summed E-state index contributed by atoms with van der Waals surface area (Å²) in [7, 11) is 0.